The van der Waals surface area contributed by atoms with Gasteiger partial charge in [0.2, 0.25) is 0 Å². The summed E-state index contributed by atoms with van der Waals surface area (Å²) < 4.78 is 0. The molecule has 2 aliphatic rings. The van der Waals surface area contributed by atoms with Crippen LogP contribution in [0.5, 0.6) is 0 Å². The first kappa shape index (κ1) is 14.2. The third-order valence-electron chi connectivity index (χ3n) is 2.60. The highest BCUT2D eigenvalue weighted by Gasteiger charge is 2.20. The topological polar surface area (TPSA) is 17.1 Å². The summed E-state index contributed by atoms with van der Waals surface area (Å²) in [7, 11) is 0. The van der Waals surface area contributed by atoms with E-state index in [0.29, 0.717) is 0 Å². The van der Waals surface area contributed by atoms with Crippen LogP contribution < -0.4 is 0 Å². The summed E-state index contributed by atoms with van der Waals surface area (Å²) in [6, 6.07) is 0. The van der Waals surface area contributed by atoms with Crippen molar-refractivity contribution in [1.82, 2.24) is 0 Å². The maximum absolute atomic E-state index is 8.81. The number of carbonyl (C=O) groups is 1. The fourth-order valence-electron chi connectivity index (χ4n) is 1.68. The van der Waals surface area contributed by atoms with Crippen LogP contribution in [0.3, 0.4) is 0 Å². The van der Waals surface area contributed by atoms with Crippen molar-refractivity contribution in [1.29, 1.82) is 0 Å². The summed E-state index contributed by atoms with van der Waals surface area (Å²) in [5, 5.41) is 0. The van der Waals surface area contributed by atoms with Gasteiger partial charge in [0.15, 0.2) is 0 Å². The molecule has 0 aromatic carbocycles. The van der Waals surface area contributed by atoms with Gasteiger partial charge in [-0.05, 0) is 44.1 Å². The number of hydrogen-bond acceptors (Lipinski definition) is 1. The standard InChI is InChI=1S/C10H14.C2H4O.C2H6/c1-2-5-9(6-3-1)10-7-4-8-10;1-2-3;1-2/h2,5-6,10H,1,3-4,7-8H2;2H,1H3;1-2H3. The molecular weight excluding hydrogens is 184 g/mol. The molecule has 0 saturated heterocycles. The quantitative estimate of drug-likeness (QED) is 0.587. The molecule has 0 bridgehead atoms. The Bertz CT molecular complexity index is 209. The fourth-order valence-corrected chi connectivity index (χ4v) is 1.68. The molecule has 1 nitrogen and oxygen atoms in total. The molecular formula is C14H24O. The fraction of sp³-hybridized carbons (Fsp3) is 0.643. The number of aldehydes is 1. The van der Waals surface area contributed by atoms with Crippen LogP contribution in [0.15, 0.2) is 23.8 Å². The van der Waals surface area contributed by atoms with E-state index in [4.69, 9.17) is 4.79 Å². The third-order valence-corrected chi connectivity index (χ3v) is 2.60. The first-order valence-corrected chi connectivity index (χ1v) is 6.15. The number of carbonyl (C=O) groups excluding carboxylic acids is 1. The lowest BCUT2D eigenvalue weighted by Gasteiger charge is -2.27. The molecule has 0 radical (unpaired) electrons. The molecule has 15 heavy (non-hydrogen) atoms. The molecule has 86 valence electrons. The number of rotatable bonds is 1. The minimum atomic E-state index is 0.750. The van der Waals surface area contributed by atoms with Gasteiger partial charge in [0.1, 0.15) is 6.29 Å². The molecule has 2 rings (SSSR count). The second kappa shape index (κ2) is 9.70. The van der Waals surface area contributed by atoms with Gasteiger partial charge >= 0.3 is 0 Å². The summed E-state index contributed by atoms with van der Waals surface area (Å²) in [5.41, 5.74) is 1.62. The summed E-state index contributed by atoms with van der Waals surface area (Å²) in [6.07, 6.45) is 14.7. The minimum Gasteiger partial charge on any atom is -0.304 e. The molecule has 0 spiro atoms. The smallest absolute Gasteiger partial charge is 0.116 e. The lowest BCUT2D eigenvalue weighted by Crippen LogP contribution is -2.13. The van der Waals surface area contributed by atoms with E-state index in [-0.39, 0.29) is 0 Å². The maximum atomic E-state index is 8.81. The highest BCUT2D eigenvalue weighted by atomic mass is 16.1. The second-order valence-corrected chi connectivity index (χ2v) is 3.55. The third kappa shape index (κ3) is 5.56. The molecule has 1 saturated carbocycles. The lowest BCUT2D eigenvalue weighted by atomic mass is 9.78. The molecule has 1 heteroatoms. The molecule has 0 heterocycles. The highest BCUT2D eigenvalue weighted by molar-refractivity contribution is 5.44. The Morgan fingerprint density at radius 2 is 1.87 bits per heavy atom. The van der Waals surface area contributed by atoms with Crippen molar-refractivity contribution >= 4 is 6.29 Å². The SMILES string of the molecule is C1=CC(C2CCC2)=CCC1.CC.CC=O. The number of hydrogen-bond donors (Lipinski definition) is 0. The number of allylic oxidation sites excluding steroid dienone is 4. The van der Waals surface area contributed by atoms with Gasteiger partial charge in [0, 0.05) is 0 Å². The zero-order valence-corrected chi connectivity index (χ0v) is 10.3. The van der Waals surface area contributed by atoms with E-state index < -0.39 is 0 Å². The van der Waals surface area contributed by atoms with Crippen LogP contribution in [0.4, 0.5) is 0 Å². The van der Waals surface area contributed by atoms with Crippen molar-refractivity contribution in [2.75, 3.05) is 0 Å². The average Bonchev–Trinajstić information content (AvgIpc) is 2.21. The van der Waals surface area contributed by atoms with Crippen LogP contribution in [0.2, 0.25) is 0 Å². The van der Waals surface area contributed by atoms with Crippen LogP contribution in [0.25, 0.3) is 0 Å². The largest absolute Gasteiger partial charge is 0.304 e. The summed E-state index contributed by atoms with van der Waals surface area (Å²) >= 11 is 0. The average molecular weight is 208 g/mol. The predicted molar refractivity (Wildman–Crippen MR) is 66.9 cm³/mol. The van der Waals surface area contributed by atoms with Gasteiger partial charge < -0.3 is 4.79 Å². The molecule has 2 aliphatic carbocycles. The summed E-state index contributed by atoms with van der Waals surface area (Å²) in [5.74, 6) is 0.941. The van der Waals surface area contributed by atoms with Gasteiger partial charge in [0.05, 0.1) is 0 Å². The van der Waals surface area contributed by atoms with Gasteiger partial charge in [-0.25, -0.2) is 0 Å². The molecule has 0 aliphatic heterocycles. The molecule has 0 N–H and O–H groups in total. The zero-order valence-electron chi connectivity index (χ0n) is 10.3. The molecule has 0 unspecified atom stereocenters. The van der Waals surface area contributed by atoms with Crippen molar-refractivity contribution in [3.05, 3.63) is 23.8 Å². The van der Waals surface area contributed by atoms with Crippen molar-refractivity contribution < 1.29 is 4.79 Å². The minimum absolute atomic E-state index is 0.750. The molecule has 0 aromatic rings. The van der Waals surface area contributed by atoms with E-state index in [1.165, 1.54) is 39.0 Å². The van der Waals surface area contributed by atoms with E-state index in [2.05, 4.69) is 18.2 Å². The van der Waals surface area contributed by atoms with E-state index in [0.717, 1.165) is 12.2 Å². The van der Waals surface area contributed by atoms with E-state index in [1.807, 2.05) is 13.8 Å². The van der Waals surface area contributed by atoms with Crippen molar-refractivity contribution in [3.8, 4) is 0 Å². The molecule has 1 fully saturated rings. The van der Waals surface area contributed by atoms with E-state index in [1.54, 1.807) is 5.57 Å². The van der Waals surface area contributed by atoms with Crippen molar-refractivity contribution in [3.63, 3.8) is 0 Å². The normalized spacial score (nSPS) is 18.5. The Hall–Kier alpha value is -0.850. The first-order chi connectivity index (χ1) is 7.38. The van der Waals surface area contributed by atoms with E-state index in [9.17, 15) is 0 Å². The first-order valence-electron chi connectivity index (χ1n) is 6.15. The van der Waals surface area contributed by atoms with Gasteiger partial charge in [-0.2, -0.15) is 0 Å². The van der Waals surface area contributed by atoms with Crippen LogP contribution in [-0.2, 0) is 4.79 Å². The van der Waals surface area contributed by atoms with Crippen LogP contribution in [0.1, 0.15) is 52.9 Å². The van der Waals surface area contributed by atoms with Gasteiger partial charge in [-0.15, -0.1) is 0 Å². The van der Waals surface area contributed by atoms with Gasteiger partial charge in [-0.1, -0.05) is 38.5 Å². The van der Waals surface area contributed by atoms with Crippen LogP contribution in [0, 0.1) is 5.92 Å². The Balaban J connectivity index is 0.000000342. The molecule has 0 aromatic heterocycles. The van der Waals surface area contributed by atoms with Crippen LogP contribution >= 0.6 is 0 Å². The Morgan fingerprint density at radius 1 is 1.27 bits per heavy atom. The van der Waals surface area contributed by atoms with Gasteiger partial charge in [-0.3, -0.25) is 0 Å². The Kier molecular flexibility index (Phi) is 9.15. The maximum Gasteiger partial charge on any atom is 0.116 e. The van der Waals surface area contributed by atoms with Crippen molar-refractivity contribution in [2.45, 2.75) is 52.9 Å². The Morgan fingerprint density at radius 3 is 2.20 bits per heavy atom. The molecule has 0 amide bonds. The Labute approximate surface area is 94.3 Å². The second-order valence-electron chi connectivity index (χ2n) is 3.55. The highest BCUT2D eigenvalue weighted by Crippen LogP contribution is 2.35. The summed E-state index contributed by atoms with van der Waals surface area (Å²) in [6.45, 7) is 5.44. The summed E-state index contributed by atoms with van der Waals surface area (Å²) in [4.78, 5) is 8.81. The van der Waals surface area contributed by atoms with E-state index >= 15 is 0 Å². The van der Waals surface area contributed by atoms with Gasteiger partial charge in [0.25, 0.3) is 0 Å². The predicted octanol–water partition coefficient (Wildman–Crippen LogP) is 4.29. The zero-order chi connectivity index (χ0) is 11.5. The molecule has 0 atom stereocenters. The van der Waals surface area contributed by atoms with Crippen molar-refractivity contribution in [2.24, 2.45) is 5.92 Å². The monoisotopic (exact) mass is 208 g/mol. The van der Waals surface area contributed by atoms with Crippen LogP contribution in [-0.4, -0.2) is 6.29 Å². The lowest BCUT2D eigenvalue weighted by molar-refractivity contribution is -0.106.